The number of hydrogen-bond acceptors (Lipinski definition) is 2. The number of benzene rings is 1. The summed E-state index contributed by atoms with van der Waals surface area (Å²) in [5, 5.41) is 0. The lowest BCUT2D eigenvalue weighted by molar-refractivity contribution is -0.137. The van der Waals surface area contributed by atoms with E-state index >= 15 is 0 Å². The lowest BCUT2D eigenvalue weighted by Gasteiger charge is -2.32. The smallest absolute Gasteiger partial charge is 0.235 e. The Morgan fingerprint density at radius 3 is 2.55 bits per heavy atom. The number of carbonyl (C=O) groups excluding carboxylic acids is 1. The maximum Gasteiger partial charge on any atom is 0.235 e. The molecule has 1 aliphatic carbocycles. The van der Waals surface area contributed by atoms with Gasteiger partial charge in [0.25, 0.3) is 0 Å². The van der Waals surface area contributed by atoms with Crippen LogP contribution in [0.15, 0.2) is 48.6 Å². The van der Waals surface area contributed by atoms with Crippen molar-refractivity contribution in [3.05, 3.63) is 54.1 Å². The van der Waals surface area contributed by atoms with Crippen molar-refractivity contribution in [2.75, 3.05) is 14.1 Å². The molecule has 116 valence electrons. The first-order valence-electron chi connectivity index (χ1n) is 7.90. The highest BCUT2D eigenvalue weighted by Crippen LogP contribution is 2.48. The van der Waals surface area contributed by atoms with Crippen molar-refractivity contribution in [2.45, 2.75) is 32.0 Å². The number of allylic oxidation sites excluding steroid dienone is 3. The molecule has 3 atom stereocenters. The number of amides is 1. The Labute approximate surface area is 132 Å². The van der Waals surface area contributed by atoms with Crippen molar-refractivity contribution in [2.24, 2.45) is 5.41 Å². The van der Waals surface area contributed by atoms with Gasteiger partial charge in [0, 0.05) is 14.1 Å². The van der Waals surface area contributed by atoms with Crippen molar-refractivity contribution in [1.82, 2.24) is 4.90 Å². The molecule has 0 radical (unpaired) electrons. The van der Waals surface area contributed by atoms with Crippen LogP contribution in [-0.2, 0) is 9.53 Å². The Hall–Kier alpha value is -1.87. The second-order valence-electron chi connectivity index (χ2n) is 6.31. The predicted molar refractivity (Wildman–Crippen MR) is 88.3 cm³/mol. The summed E-state index contributed by atoms with van der Waals surface area (Å²) in [6, 6.07) is 10.3. The van der Waals surface area contributed by atoms with Gasteiger partial charge >= 0.3 is 0 Å². The maximum atomic E-state index is 12.8. The lowest BCUT2D eigenvalue weighted by Crippen LogP contribution is -2.44. The molecule has 0 spiro atoms. The first-order chi connectivity index (χ1) is 10.6. The van der Waals surface area contributed by atoms with E-state index in [0.717, 1.165) is 6.42 Å². The van der Waals surface area contributed by atoms with E-state index in [1.807, 2.05) is 32.3 Å². The largest absolute Gasteiger partial charge is 0.368 e. The Kier molecular flexibility index (Phi) is 3.92. The highest BCUT2D eigenvalue weighted by atomic mass is 16.6. The van der Waals surface area contributed by atoms with E-state index in [-0.39, 0.29) is 18.1 Å². The van der Waals surface area contributed by atoms with Gasteiger partial charge < -0.3 is 9.64 Å². The van der Waals surface area contributed by atoms with E-state index in [2.05, 4.69) is 37.3 Å². The molecule has 0 saturated carbocycles. The van der Waals surface area contributed by atoms with Gasteiger partial charge in [-0.25, -0.2) is 0 Å². The molecule has 1 aromatic rings. The molecule has 0 bridgehead atoms. The molecule has 0 N–H and O–H groups in total. The van der Waals surface area contributed by atoms with Crippen LogP contribution in [-0.4, -0.2) is 37.1 Å². The van der Waals surface area contributed by atoms with E-state index < -0.39 is 5.41 Å². The number of ether oxygens (including phenoxy) is 1. The maximum absolute atomic E-state index is 12.8. The third kappa shape index (κ3) is 2.50. The first kappa shape index (κ1) is 15.0. The zero-order valence-corrected chi connectivity index (χ0v) is 13.5. The van der Waals surface area contributed by atoms with E-state index in [1.54, 1.807) is 4.90 Å². The minimum atomic E-state index is -0.539. The predicted octanol–water partition coefficient (Wildman–Crippen LogP) is 3.28. The van der Waals surface area contributed by atoms with Gasteiger partial charge in [0.05, 0.1) is 11.5 Å². The van der Waals surface area contributed by atoms with Crippen LogP contribution in [0.1, 0.15) is 25.3 Å². The van der Waals surface area contributed by atoms with Gasteiger partial charge in [0.1, 0.15) is 6.10 Å². The monoisotopic (exact) mass is 297 g/mol. The SMILES string of the molecule is CCC1OC1C1(C(=O)N(C)C)C=CC(c2ccccc2)=CC1. The molecule has 1 heterocycles. The van der Waals surface area contributed by atoms with Crippen molar-refractivity contribution >= 4 is 11.5 Å². The minimum Gasteiger partial charge on any atom is -0.368 e. The molecule has 3 nitrogen and oxygen atoms in total. The summed E-state index contributed by atoms with van der Waals surface area (Å²) in [5.74, 6) is 0.132. The molecule has 1 fully saturated rings. The lowest BCUT2D eigenvalue weighted by atomic mass is 9.74. The third-order valence-corrected chi connectivity index (χ3v) is 4.62. The summed E-state index contributed by atoms with van der Waals surface area (Å²) in [4.78, 5) is 14.5. The fourth-order valence-corrected chi connectivity index (χ4v) is 3.31. The van der Waals surface area contributed by atoms with Crippen molar-refractivity contribution in [3.63, 3.8) is 0 Å². The Morgan fingerprint density at radius 1 is 1.32 bits per heavy atom. The van der Waals surface area contributed by atoms with Gasteiger partial charge in [-0.05, 0) is 24.0 Å². The summed E-state index contributed by atoms with van der Waals surface area (Å²) in [5.41, 5.74) is 1.83. The van der Waals surface area contributed by atoms with Crippen molar-refractivity contribution in [1.29, 1.82) is 0 Å². The molecule has 1 amide bonds. The topological polar surface area (TPSA) is 32.8 Å². The molecule has 1 aromatic carbocycles. The average Bonchev–Trinajstić information content (AvgIpc) is 3.35. The van der Waals surface area contributed by atoms with Crippen LogP contribution in [0.3, 0.4) is 0 Å². The van der Waals surface area contributed by atoms with Crippen LogP contribution in [0.4, 0.5) is 0 Å². The molecule has 1 aliphatic heterocycles. The van der Waals surface area contributed by atoms with E-state index in [0.29, 0.717) is 6.42 Å². The number of nitrogens with zero attached hydrogens (tertiary/aromatic N) is 1. The first-order valence-corrected chi connectivity index (χ1v) is 7.90. The Balaban J connectivity index is 1.88. The van der Waals surface area contributed by atoms with Crippen LogP contribution in [0.2, 0.25) is 0 Å². The molecule has 3 heteroatoms. The van der Waals surface area contributed by atoms with Crippen LogP contribution in [0.25, 0.3) is 5.57 Å². The van der Waals surface area contributed by atoms with Gasteiger partial charge in [0.15, 0.2) is 0 Å². The summed E-state index contributed by atoms with van der Waals surface area (Å²) >= 11 is 0. The standard InChI is InChI=1S/C19H23NO2/c1-4-16-17(22-16)19(18(21)20(2)3)12-10-15(11-13-19)14-8-6-5-7-9-14/h5-12,16-17H,4,13H2,1-3H3. The zero-order valence-electron chi connectivity index (χ0n) is 13.5. The average molecular weight is 297 g/mol. The molecular weight excluding hydrogens is 274 g/mol. The number of epoxide rings is 1. The second kappa shape index (κ2) is 5.73. The molecule has 2 aliphatic rings. The van der Waals surface area contributed by atoms with Gasteiger partial charge in [-0.1, -0.05) is 55.5 Å². The molecule has 3 rings (SSSR count). The van der Waals surface area contributed by atoms with E-state index in [9.17, 15) is 4.79 Å². The van der Waals surface area contributed by atoms with Crippen LogP contribution in [0.5, 0.6) is 0 Å². The van der Waals surface area contributed by atoms with Crippen molar-refractivity contribution in [3.8, 4) is 0 Å². The summed E-state index contributed by atoms with van der Waals surface area (Å²) in [6.07, 6.45) is 8.19. The minimum absolute atomic E-state index is 0.0113. The highest BCUT2D eigenvalue weighted by molar-refractivity contribution is 5.89. The molecule has 3 unspecified atom stereocenters. The van der Waals surface area contributed by atoms with E-state index in [1.165, 1.54) is 11.1 Å². The van der Waals surface area contributed by atoms with Crippen LogP contribution in [0, 0.1) is 5.41 Å². The Bertz CT molecular complexity index is 618. The fourth-order valence-electron chi connectivity index (χ4n) is 3.31. The van der Waals surface area contributed by atoms with E-state index in [4.69, 9.17) is 4.74 Å². The quantitative estimate of drug-likeness (QED) is 0.799. The second-order valence-corrected chi connectivity index (χ2v) is 6.31. The van der Waals surface area contributed by atoms with Gasteiger partial charge in [0.2, 0.25) is 5.91 Å². The highest BCUT2D eigenvalue weighted by Gasteiger charge is 2.57. The molecule has 1 saturated heterocycles. The van der Waals surface area contributed by atoms with Crippen molar-refractivity contribution < 1.29 is 9.53 Å². The fraction of sp³-hybridized carbons (Fsp3) is 0.421. The molecule has 22 heavy (non-hydrogen) atoms. The number of rotatable bonds is 4. The van der Waals surface area contributed by atoms with Gasteiger partial charge in [-0.15, -0.1) is 0 Å². The number of carbonyl (C=O) groups is 1. The molecular formula is C19H23NO2. The molecule has 0 aromatic heterocycles. The van der Waals surface area contributed by atoms with Gasteiger partial charge in [-0.3, -0.25) is 4.79 Å². The van der Waals surface area contributed by atoms with Crippen LogP contribution >= 0.6 is 0 Å². The van der Waals surface area contributed by atoms with Crippen LogP contribution < -0.4 is 0 Å². The summed E-state index contributed by atoms with van der Waals surface area (Å²) in [6.45, 7) is 2.11. The Morgan fingerprint density at radius 2 is 2.05 bits per heavy atom. The van der Waals surface area contributed by atoms with Gasteiger partial charge in [-0.2, -0.15) is 0 Å². The zero-order chi connectivity index (χ0) is 15.7. The summed E-state index contributed by atoms with van der Waals surface area (Å²) < 4.78 is 5.79. The summed E-state index contributed by atoms with van der Waals surface area (Å²) in [7, 11) is 3.63. The normalized spacial score (nSPS) is 29.9. The third-order valence-electron chi connectivity index (χ3n) is 4.62. The number of hydrogen-bond donors (Lipinski definition) is 0.